The molecule has 4 rings (SSSR count). The minimum Gasteiger partial charge on any atom is -0.491 e. The van der Waals surface area contributed by atoms with Crippen molar-refractivity contribution in [2.75, 3.05) is 32.8 Å². The third-order valence-corrected chi connectivity index (χ3v) is 7.40. The second-order valence-corrected chi connectivity index (χ2v) is 9.49. The SMILES string of the molecule is Cc1ncsc1CCN1CC2CCC(C1)N2C[C@@H](COc1ccc(C#N)cc1)NC(=O)O. The molecule has 2 saturated heterocycles. The van der Waals surface area contributed by atoms with E-state index in [0.717, 1.165) is 44.6 Å². The minimum absolute atomic E-state index is 0.252. The van der Waals surface area contributed by atoms with E-state index in [-0.39, 0.29) is 12.6 Å². The van der Waals surface area contributed by atoms with Gasteiger partial charge in [0, 0.05) is 43.1 Å². The number of ether oxygens (including phenoxy) is 1. The third-order valence-electron chi connectivity index (χ3n) is 6.40. The zero-order valence-corrected chi connectivity index (χ0v) is 19.1. The highest BCUT2D eigenvalue weighted by atomic mass is 32.1. The van der Waals surface area contributed by atoms with E-state index in [1.807, 2.05) is 5.51 Å². The summed E-state index contributed by atoms with van der Waals surface area (Å²) in [5, 5.41) is 20.9. The van der Waals surface area contributed by atoms with Gasteiger partial charge in [-0.05, 0) is 50.5 Å². The lowest BCUT2D eigenvalue weighted by molar-refractivity contribution is 0.0541. The number of amides is 1. The number of nitriles is 1. The van der Waals surface area contributed by atoms with Crippen molar-refractivity contribution in [3.8, 4) is 11.8 Å². The molecule has 1 aromatic heterocycles. The van der Waals surface area contributed by atoms with Gasteiger partial charge in [-0.15, -0.1) is 11.3 Å². The number of rotatable bonds is 9. The number of piperazine rings is 1. The van der Waals surface area contributed by atoms with Gasteiger partial charge in [-0.3, -0.25) is 9.80 Å². The van der Waals surface area contributed by atoms with Crippen LogP contribution in [0.2, 0.25) is 0 Å². The molecule has 0 aliphatic carbocycles. The number of fused-ring (bicyclic) bond motifs is 2. The van der Waals surface area contributed by atoms with Crippen LogP contribution in [0.4, 0.5) is 4.79 Å². The average Bonchev–Trinajstić information content (AvgIpc) is 3.28. The van der Waals surface area contributed by atoms with E-state index >= 15 is 0 Å². The van der Waals surface area contributed by atoms with Crippen LogP contribution >= 0.6 is 11.3 Å². The molecule has 0 radical (unpaired) electrons. The summed E-state index contributed by atoms with van der Waals surface area (Å²) in [5.74, 6) is 0.632. The zero-order valence-electron chi connectivity index (χ0n) is 18.2. The largest absolute Gasteiger partial charge is 0.491 e. The number of nitrogens with one attached hydrogen (secondary N) is 1. The molecule has 0 spiro atoms. The van der Waals surface area contributed by atoms with Gasteiger partial charge >= 0.3 is 6.09 Å². The van der Waals surface area contributed by atoms with Gasteiger partial charge < -0.3 is 15.2 Å². The first-order valence-corrected chi connectivity index (χ1v) is 11.9. The lowest BCUT2D eigenvalue weighted by Gasteiger charge is -2.42. The molecular formula is C23H29N5O3S. The number of thiazole rings is 1. The van der Waals surface area contributed by atoms with Crippen molar-refractivity contribution >= 4 is 17.4 Å². The van der Waals surface area contributed by atoms with Gasteiger partial charge in [0.15, 0.2) is 0 Å². The first-order valence-electron chi connectivity index (χ1n) is 11.0. The second kappa shape index (κ2) is 10.3. The van der Waals surface area contributed by atoms with Crippen LogP contribution in [0.3, 0.4) is 0 Å². The van der Waals surface area contributed by atoms with Crippen molar-refractivity contribution in [2.45, 2.75) is 44.3 Å². The smallest absolute Gasteiger partial charge is 0.405 e. The third kappa shape index (κ3) is 5.57. The maximum atomic E-state index is 11.4. The minimum atomic E-state index is -1.04. The highest BCUT2D eigenvalue weighted by Crippen LogP contribution is 2.30. The molecule has 1 amide bonds. The van der Waals surface area contributed by atoms with E-state index in [1.165, 1.54) is 4.88 Å². The van der Waals surface area contributed by atoms with E-state index in [2.05, 4.69) is 33.1 Å². The summed E-state index contributed by atoms with van der Waals surface area (Å²) in [5.41, 5.74) is 3.63. The highest BCUT2D eigenvalue weighted by molar-refractivity contribution is 7.09. The predicted octanol–water partition coefficient (Wildman–Crippen LogP) is 2.73. The van der Waals surface area contributed by atoms with Crippen LogP contribution in [-0.2, 0) is 6.42 Å². The zero-order chi connectivity index (χ0) is 22.5. The Morgan fingerprint density at radius 1 is 1.34 bits per heavy atom. The van der Waals surface area contributed by atoms with Gasteiger partial charge in [-0.1, -0.05) is 0 Å². The average molecular weight is 456 g/mol. The van der Waals surface area contributed by atoms with Crippen LogP contribution in [0.1, 0.15) is 29.0 Å². The number of likely N-dealkylation sites (tertiary alicyclic amines) is 1. The van der Waals surface area contributed by atoms with Gasteiger partial charge in [-0.25, -0.2) is 9.78 Å². The Kier molecular flexibility index (Phi) is 7.25. The molecule has 32 heavy (non-hydrogen) atoms. The monoisotopic (exact) mass is 455 g/mol. The van der Waals surface area contributed by atoms with Crippen LogP contribution in [0.25, 0.3) is 0 Å². The molecule has 2 unspecified atom stereocenters. The maximum absolute atomic E-state index is 11.4. The molecule has 170 valence electrons. The Morgan fingerprint density at radius 2 is 2.06 bits per heavy atom. The predicted molar refractivity (Wildman–Crippen MR) is 122 cm³/mol. The van der Waals surface area contributed by atoms with Crippen molar-refractivity contribution < 1.29 is 14.6 Å². The Labute approximate surface area is 192 Å². The number of hydrogen-bond acceptors (Lipinski definition) is 7. The summed E-state index contributed by atoms with van der Waals surface area (Å²) in [4.78, 5) is 22.1. The fourth-order valence-electron chi connectivity index (χ4n) is 4.78. The Hall–Kier alpha value is -2.67. The lowest BCUT2D eigenvalue weighted by atomic mass is 10.1. The van der Waals surface area contributed by atoms with Gasteiger partial charge in [0.1, 0.15) is 12.4 Å². The van der Waals surface area contributed by atoms with Gasteiger partial charge in [0.2, 0.25) is 0 Å². The molecule has 2 bridgehead atoms. The van der Waals surface area contributed by atoms with Crippen LogP contribution in [0.15, 0.2) is 29.8 Å². The number of aromatic nitrogens is 1. The number of benzene rings is 1. The molecule has 2 aliphatic heterocycles. The molecule has 9 heteroatoms. The van der Waals surface area contributed by atoms with Crippen LogP contribution in [-0.4, -0.2) is 76.9 Å². The summed E-state index contributed by atoms with van der Waals surface area (Å²) in [6, 6.07) is 9.53. The van der Waals surface area contributed by atoms with E-state index < -0.39 is 6.09 Å². The maximum Gasteiger partial charge on any atom is 0.405 e. The summed E-state index contributed by atoms with van der Waals surface area (Å²) in [6.07, 6.45) is 2.30. The number of carbonyl (C=O) groups is 1. The molecule has 2 aromatic rings. The first-order chi connectivity index (χ1) is 15.5. The lowest BCUT2D eigenvalue weighted by Crippen LogP contribution is -2.58. The van der Waals surface area contributed by atoms with Crippen molar-refractivity contribution in [3.63, 3.8) is 0 Å². The number of hydrogen-bond donors (Lipinski definition) is 2. The Balaban J connectivity index is 1.31. The molecule has 1 aromatic carbocycles. The molecule has 8 nitrogen and oxygen atoms in total. The summed E-state index contributed by atoms with van der Waals surface area (Å²) >= 11 is 1.73. The number of nitrogens with zero attached hydrogens (tertiary/aromatic N) is 4. The van der Waals surface area contributed by atoms with E-state index in [9.17, 15) is 9.90 Å². The van der Waals surface area contributed by atoms with Crippen molar-refractivity contribution in [2.24, 2.45) is 0 Å². The molecule has 2 N–H and O–H groups in total. The van der Waals surface area contributed by atoms with E-state index in [0.29, 0.717) is 29.9 Å². The summed E-state index contributed by atoms with van der Waals surface area (Å²) in [7, 11) is 0. The fraction of sp³-hybridized carbons (Fsp3) is 0.522. The van der Waals surface area contributed by atoms with Crippen LogP contribution in [0.5, 0.6) is 5.75 Å². The summed E-state index contributed by atoms with van der Waals surface area (Å²) < 4.78 is 5.84. The molecule has 3 heterocycles. The second-order valence-electron chi connectivity index (χ2n) is 8.55. The van der Waals surface area contributed by atoms with Crippen LogP contribution in [0, 0.1) is 18.3 Å². The highest BCUT2D eigenvalue weighted by Gasteiger charge is 2.40. The summed E-state index contributed by atoms with van der Waals surface area (Å²) in [6.45, 7) is 6.04. The molecule has 0 saturated carbocycles. The molecule has 3 atom stereocenters. The standard InChI is InChI=1S/C23H29N5O3S/c1-16-22(32-15-25-16)8-9-27-12-19-4-5-20(13-27)28(19)11-18(26-23(29)30)14-31-21-6-2-17(10-24)3-7-21/h2-3,6-7,15,18-20,26H,4-5,8-9,11-14H2,1H3,(H,29,30)/t18-,19?,20?/m0/s1. The quantitative estimate of drug-likeness (QED) is 0.599. The van der Waals surface area contributed by atoms with Crippen LogP contribution < -0.4 is 10.1 Å². The van der Waals surface area contributed by atoms with Crippen molar-refractivity contribution in [1.29, 1.82) is 5.26 Å². The number of carboxylic acid groups (broad SMARTS) is 1. The van der Waals surface area contributed by atoms with Gasteiger partial charge in [0.25, 0.3) is 0 Å². The number of aryl methyl sites for hydroxylation is 1. The molecular weight excluding hydrogens is 426 g/mol. The molecule has 2 fully saturated rings. The van der Waals surface area contributed by atoms with E-state index in [4.69, 9.17) is 10.00 Å². The fourth-order valence-corrected chi connectivity index (χ4v) is 5.55. The normalized spacial score (nSPS) is 21.8. The van der Waals surface area contributed by atoms with Gasteiger partial charge in [0.05, 0.1) is 28.9 Å². The Bertz CT molecular complexity index is 943. The topological polar surface area (TPSA) is 102 Å². The Morgan fingerprint density at radius 3 is 2.66 bits per heavy atom. The van der Waals surface area contributed by atoms with Gasteiger partial charge in [-0.2, -0.15) is 5.26 Å². The first kappa shape index (κ1) is 22.5. The van der Waals surface area contributed by atoms with Crippen molar-refractivity contribution in [1.82, 2.24) is 20.1 Å². The van der Waals surface area contributed by atoms with Crippen molar-refractivity contribution in [3.05, 3.63) is 45.9 Å². The van der Waals surface area contributed by atoms with E-state index in [1.54, 1.807) is 35.6 Å². The molecule has 2 aliphatic rings.